The van der Waals surface area contributed by atoms with E-state index in [1.165, 1.54) is 6.07 Å². The van der Waals surface area contributed by atoms with Gasteiger partial charge < -0.3 is 10.2 Å². The number of nitrogens with one attached hydrogen (secondary N) is 1. The molecule has 4 nitrogen and oxygen atoms in total. The van der Waals surface area contributed by atoms with Gasteiger partial charge in [0.15, 0.2) is 0 Å². The molecule has 0 aliphatic heterocycles. The standard InChI is InChI=1S/C15H19FN4/c1-4-7-13-18-14(17-2)10-15(19-13)20(3)12-9-6-5-8-11(12)16/h5-6,8-10H,4,7H2,1-3H3,(H,17,18,19). The quantitative estimate of drug-likeness (QED) is 0.907. The first kappa shape index (κ1) is 14.2. The number of benzene rings is 1. The van der Waals surface area contributed by atoms with Crippen LogP contribution in [-0.4, -0.2) is 24.1 Å². The summed E-state index contributed by atoms with van der Waals surface area (Å²) in [6, 6.07) is 8.47. The minimum Gasteiger partial charge on any atom is -0.373 e. The summed E-state index contributed by atoms with van der Waals surface area (Å²) in [5, 5.41) is 3.02. The molecule has 5 heteroatoms. The fourth-order valence-corrected chi connectivity index (χ4v) is 1.97. The monoisotopic (exact) mass is 274 g/mol. The Balaban J connectivity index is 2.40. The van der Waals surface area contributed by atoms with E-state index in [4.69, 9.17) is 0 Å². The number of aryl methyl sites for hydroxylation is 1. The first-order chi connectivity index (χ1) is 9.65. The highest BCUT2D eigenvalue weighted by Gasteiger charge is 2.12. The zero-order chi connectivity index (χ0) is 14.5. The Morgan fingerprint density at radius 3 is 2.65 bits per heavy atom. The van der Waals surface area contributed by atoms with Crippen LogP contribution in [-0.2, 0) is 6.42 Å². The summed E-state index contributed by atoms with van der Waals surface area (Å²) in [6.07, 6.45) is 1.77. The Morgan fingerprint density at radius 2 is 2.00 bits per heavy atom. The third-order valence-corrected chi connectivity index (χ3v) is 3.05. The van der Waals surface area contributed by atoms with E-state index in [9.17, 15) is 4.39 Å². The largest absolute Gasteiger partial charge is 0.373 e. The summed E-state index contributed by atoms with van der Waals surface area (Å²) in [6.45, 7) is 2.08. The molecule has 1 heterocycles. The van der Waals surface area contributed by atoms with Crippen LogP contribution in [0.3, 0.4) is 0 Å². The number of anilines is 3. The molecule has 106 valence electrons. The lowest BCUT2D eigenvalue weighted by Gasteiger charge is -2.20. The summed E-state index contributed by atoms with van der Waals surface area (Å²) >= 11 is 0. The van der Waals surface area contributed by atoms with Crippen LogP contribution in [0.1, 0.15) is 19.2 Å². The summed E-state index contributed by atoms with van der Waals surface area (Å²) < 4.78 is 13.9. The third-order valence-electron chi connectivity index (χ3n) is 3.05. The lowest BCUT2D eigenvalue weighted by atomic mass is 10.2. The van der Waals surface area contributed by atoms with Crippen LogP contribution in [0.15, 0.2) is 30.3 Å². The van der Waals surface area contributed by atoms with E-state index in [0.29, 0.717) is 11.5 Å². The number of hydrogen-bond donors (Lipinski definition) is 1. The molecule has 0 bridgehead atoms. The highest BCUT2D eigenvalue weighted by molar-refractivity contribution is 5.62. The summed E-state index contributed by atoms with van der Waals surface area (Å²) in [5.74, 6) is 1.91. The molecule has 1 aromatic heterocycles. The molecule has 0 atom stereocenters. The first-order valence-electron chi connectivity index (χ1n) is 6.69. The Morgan fingerprint density at radius 1 is 1.25 bits per heavy atom. The molecule has 1 N–H and O–H groups in total. The van der Waals surface area contributed by atoms with Gasteiger partial charge in [-0.25, -0.2) is 14.4 Å². The van der Waals surface area contributed by atoms with Crippen LogP contribution >= 0.6 is 0 Å². The number of halogens is 1. The molecule has 1 aromatic carbocycles. The second-order valence-electron chi connectivity index (χ2n) is 4.54. The van der Waals surface area contributed by atoms with E-state index in [2.05, 4.69) is 22.2 Å². The SMILES string of the molecule is CCCc1nc(NC)cc(N(C)c2ccccc2F)n1. The molecule has 0 spiro atoms. The van der Waals surface area contributed by atoms with E-state index in [-0.39, 0.29) is 5.82 Å². The predicted octanol–water partition coefficient (Wildman–Crippen LogP) is 3.38. The average molecular weight is 274 g/mol. The number of aromatic nitrogens is 2. The molecule has 0 amide bonds. The van der Waals surface area contributed by atoms with Gasteiger partial charge in [0.25, 0.3) is 0 Å². The highest BCUT2D eigenvalue weighted by atomic mass is 19.1. The second-order valence-corrected chi connectivity index (χ2v) is 4.54. The van der Waals surface area contributed by atoms with Crippen molar-refractivity contribution >= 4 is 17.3 Å². The van der Waals surface area contributed by atoms with Gasteiger partial charge in [-0.15, -0.1) is 0 Å². The van der Waals surface area contributed by atoms with Crippen molar-refractivity contribution in [3.8, 4) is 0 Å². The third kappa shape index (κ3) is 3.04. The molecule has 0 saturated carbocycles. The van der Waals surface area contributed by atoms with Gasteiger partial charge in [0.05, 0.1) is 5.69 Å². The summed E-state index contributed by atoms with van der Waals surface area (Å²) in [4.78, 5) is 10.6. The van der Waals surface area contributed by atoms with Crippen molar-refractivity contribution in [3.63, 3.8) is 0 Å². The summed E-state index contributed by atoms with van der Waals surface area (Å²) in [5.41, 5.74) is 0.496. The first-order valence-corrected chi connectivity index (χ1v) is 6.69. The van der Waals surface area contributed by atoms with Crippen molar-refractivity contribution in [2.24, 2.45) is 0 Å². The molecule has 0 aliphatic rings. The van der Waals surface area contributed by atoms with Crippen molar-refractivity contribution in [1.82, 2.24) is 9.97 Å². The van der Waals surface area contributed by atoms with E-state index in [0.717, 1.165) is 24.5 Å². The molecule has 0 unspecified atom stereocenters. The van der Waals surface area contributed by atoms with Crippen LogP contribution in [0.4, 0.5) is 21.7 Å². The number of rotatable bonds is 5. The zero-order valence-corrected chi connectivity index (χ0v) is 12.0. The van der Waals surface area contributed by atoms with Gasteiger partial charge in [-0.1, -0.05) is 19.1 Å². The molecule has 20 heavy (non-hydrogen) atoms. The molecule has 2 rings (SSSR count). The van der Waals surface area contributed by atoms with Crippen LogP contribution in [0.5, 0.6) is 0 Å². The predicted molar refractivity (Wildman–Crippen MR) is 80.0 cm³/mol. The average Bonchev–Trinajstić information content (AvgIpc) is 2.47. The van der Waals surface area contributed by atoms with E-state index < -0.39 is 0 Å². The van der Waals surface area contributed by atoms with E-state index in [1.54, 1.807) is 24.1 Å². The maximum atomic E-state index is 13.9. The number of hydrogen-bond acceptors (Lipinski definition) is 4. The molecule has 0 radical (unpaired) electrons. The maximum Gasteiger partial charge on any atom is 0.146 e. The molecule has 0 fully saturated rings. The van der Waals surface area contributed by atoms with Crippen molar-refractivity contribution < 1.29 is 4.39 Å². The molecular weight excluding hydrogens is 255 g/mol. The van der Waals surface area contributed by atoms with Gasteiger partial charge in [-0.2, -0.15) is 0 Å². The molecular formula is C15H19FN4. The van der Waals surface area contributed by atoms with Crippen LogP contribution in [0.25, 0.3) is 0 Å². The Labute approximate surface area is 118 Å². The van der Waals surface area contributed by atoms with Gasteiger partial charge in [0, 0.05) is 26.6 Å². The van der Waals surface area contributed by atoms with Gasteiger partial charge in [-0.05, 0) is 18.6 Å². The minimum atomic E-state index is -0.267. The van der Waals surface area contributed by atoms with Crippen LogP contribution in [0, 0.1) is 5.82 Å². The minimum absolute atomic E-state index is 0.267. The van der Waals surface area contributed by atoms with Gasteiger partial charge in [0.2, 0.25) is 0 Å². The zero-order valence-electron chi connectivity index (χ0n) is 12.0. The maximum absolute atomic E-state index is 13.9. The van der Waals surface area contributed by atoms with Crippen molar-refractivity contribution in [2.45, 2.75) is 19.8 Å². The molecule has 2 aromatic rings. The molecule has 0 saturated heterocycles. The van der Waals surface area contributed by atoms with Gasteiger partial charge in [-0.3, -0.25) is 0 Å². The Bertz CT molecular complexity index is 586. The van der Waals surface area contributed by atoms with Gasteiger partial charge >= 0.3 is 0 Å². The Kier molecular flexibility index (Phi) is 4.50. The van der Waals surface area contributed by atoms with Crippen molar-refractivity contribution in [3.05, 3.63) is 42.0 Å². The fourth-order valence-electron chi connectivity index (χ4n) is 1.97. The molecule has 0 aliphatic carbocycles. The number of nitrogens with zero attached hydrogens (tertiary/aromatic N) is 3. The normalized spacial score (nSPS) is 10.4. The van der Waals surface area contributed by atoms with E-state index in [1.807, 2.05) is 19.2 Å². The number of para-hydroxylation sites is 1. The fraction of sp³-hybridized carbons (Fsp3) is 0.333. The van der Waals surface area contributed by atoms with Crippen molar-refractivity contribution in [2.75, 3.05) is 24.3 Å². The van der Waals surface area contributed by atoms with Gasteiger partial charge in [0.1, 0.15) is 23.3 Å². The lowest BCUT2D eigenvalue weighted by Crippen LogP contribution is -2.15. The van der Waals surface area contributed by atoms with Crippen molar-refractivity contribution in [1.29, 1.82) is 0 Å². The van der Waals surface area contributed by atoms with E-state index >= 15 is 0 Å². The lowest BCUT2D eigenvalue weighted by molar-refractivity contribution is 0.627. The summed E-state index contributed by atoms with van der Waals surface area (Å²) in [7, 11) is 3.61. The Hall–Kier alpha value is -2.17. The topological polar surface area (TPSA) is 41.1 Å². The highest BCUT2D eigenvalue weighted by Crippen LogP contribution is 2.26. The second kappa shape index (κ2) is 6.32. The van der Waals surface area contributed by atoms with Crippen LogP contribution < -0.4 is 10.2 Å². The van der Waals surface area contributed by atoms with Crippen LogP contribution in [0.2, 0.25) is 0 Å². The smallest absolute Gasteiger partial charge is 0.146 e.